The summed E-state index contributed by atoms with van der Waals surface area (Å²) in [5.41, 5.74) is 0.290. The van der Waals surface area contributed by atoms with Gasteiger partial charge in [-0.15, -0.1) is 0 Å². The van der Waals surface area contributed by atoms with E-state index in [9.17, 15) is 9.59 Å². The molecule has 1 N–H and O–H groups in total. The zero-order valence-corrected chi connectivity index (χ0v) is 12.0. The molecule has 1 aromatic rings. The van der Waals surface area contributed by atoms with Gasteiger partial charge in [-0.2, -0.15) is 0 Å². The molecule has 5 heteroatoms. The molecule has 0 aromatic heterocycles. The van der Waals surface area contributed by atoms with Gasteiger partial charge in [0.25, 0.3) is 5.91 Å². The van der Waals surface area contributed by atoms with E-state index in [1.165, 1.54) is 4.90 Å². The summed E-state index contributed by atoms with van der Waals surface area (Å²) in [5.74, 6) is -0.174. The van der Waals surface area contributed by atoms with Crippen molar-refractivity contribution < 1.29 is 14.3 Å². The van der Waals surface area contributed by atoms with Crippen molar-refractivity contribution in [2.24, 2.45) is 0 Å². The number of rotatable bonds is 2. The van der Waals surface area contributed by atoms with Crippen LogP contribution in [0.25, 0.3) is 0 Å². The van der Waals surface area contributed by atoms with Crippen LogP contribution in [0.3, 0.4) is 0 Å². The Morgan fingerprint density at radius 1 is 1.16 bits per heavy atom. The lowest BCUT2D eigenvalue weighted by molar-refractivity contribution is 0.0636. The van der Waals surface area contributed by atoms with E-state index in [0.717, 1.165) is 0 Å². The highest BCUT2D eigenvalue weighted by Gasteiger charge is 2.19. The van der Waals surface area contributed by atoms with Gasteiger partial charge in [-0.05, 0) is 32.9 Å². The number of carbonyl (C=O) groups excluding carboxylic acids is 2. The van der Waals surface area contributed by atoms with E-state index in [1.807, 2.05) is 0 Å². The molecule has 0 atom stereocenters. The van der Waals surface area contributed by atoms with Gasteiger partial charge in [0.05, 0.1) is 11.3 Å². The summed E-state index contributed by atoms with van der Waals surface area (Å²) in [4.78, 5) is 25.1. The summed E-state index contributed by atoms with van der Waals surface area (Å²) in [7, 11) is 3.32. The third-order valence-corrected chi connectivity index (χ3v) is 2.20. The average Bonchev–Trinajstić information content (AvgIpc) is 2.26. The van der Waals surface area contributed by atoms with Crippen LogP contribution >= 0.6 is 0 Å². The highest BCUT2D eigenvalue weighted by molar-refractivity contribution is 6.02. The van der Waals surface area contributed by atoms with Crippen molar-refractivity contribution in [1.82, 2.24) is 4.90 Å². The lowest BCUT2D eigenvalue weighted by atomic mass is 10.1. The van der Waals surface area contributed by atoms with Crippen molar-refractivity contribution in [3.05, 3.63) is 29.8 Å². The third kappa shape index (κ3) is 4.62. The standard InChI is InChI=1S/C14H20N2O3/c1-14(2,3)19-13(18)15-11-9-7-6-8-10(11)12(17)16(4)5/h6-9H,1-5H3,(H,15,18). The molecule has 5 nitrogen and oxygen atoms in total. The normalized spacial score (nSPS) is 10.8. The van der Waals surface area contributed by atoms with Crippen LogP contribution in [0.5, 0.6) is 0 Å². The van der Waals surface area contributed by atoms with Gasteiger partial charge in [0, 0.05) is 14.1 Å². The Balaban J connectivity index is 2.90. The van der Waals surface area contributed by atoms with E-state index >= 15 is 0 Å². The van der Waals surface area contributed by atoms with Gasteiger partial charge in [0.15, 0.2) is 0 Å². The lowest BCUT2D eigenvalue weighted by Crippen LogP contribution is -2.29. The SMILES string of the molecule is CN(C)C(=O)c1ccccc1NC(=O)OC(C)(C)C. The monoisotopic (exact) mass is 264 g/mol. The van der Waals surface area contributed by atoms with Crippen molar-refractivity contribution in [3.8, 4) is 0 Å². The van der Waals surface area contributed by atoms with Gasteiger partial charge in [-0.1, -0.05) is 12.1 Å². The third-order valence-electron chi connectivity index (χ3n) is 2.20. The molecule has 0 bridgehead atoms. The van der Waals surface area contributed by atoms with E-state index in [0.29, 0.717) is 11.3 Å². The summed E-state index contributed by atoms with van der Waals surface area (Å²) < 4.78 is 5.16. The summed E-state index contributed by atoms with van der Waals surface area (Å²) in [6, 6.07) is 6.83. The van der Waals surface area contributed by atoms with Gasteiger partial charge in [-0.3, -0.25) is 10.1 Å². The Morgan fingerprint density at radius 2 is 1.74 bits per heavy atom. The lowest BCUT2D eigenvalue weighted by Gasteiger charge is -2.20. The number of para-hydroxylation sites is 1. The quantitative estimate of drug-likeness (QED) is 0.893. The molecule has 0 aliphatic rings. The molecule has 0 aliphatic carbocycles. The largest absolute Gasteiger partial charge is 0.444 e. The fraction of sp³-hybridized carbons (Fsp3) is 0.429. The fourth-order valence-electron chi connectivity index (χ4n) is 1.43. The molecule has 19 heavy (non-hydrogen) atoms. The Kier molecular flexibility index (Phi) is 4.53. The molecule has 0 saturated heterocycles. The molecular weight excluding hydrogens is 244 g/mol. The van der Waals surface area contributed by atoms with Crippen molar-refractivity contribution in [2.75, 3.05) is 19.4 Å². The van der Waals surface area contributed by atoms with Crippen molar-refractivity contribution in [2.45, 2.75) is 26.4 Å². The predicted octanol–water partition coefficient (Wildman–Crippen LogP) is 2.74. The van der Waals surface area contributed by atoms with Crippen LogP contribution in [-0.4, -0.2) is 36.6 Å². The number of anilines is 1. The van der Waals surface area contributed by atoms with Crippen LogP contribution in [0, 0.1) is 0 Å². The average molecular weight is 264 g/mol. The number of benzene rings is 1. The van der Waals surface area contributed by atoms with Crippen molar-refractivity contribution in [3.63, 3.8) is 0 Å². The van der Waals surface area contributed by atoms with Gasteiger partial charge >= 0.3 is 6.09 Å². The fourth-order valence-corrected chi connectivity index (χ4v) is 1.43. The molecule has 1 rings (SSSR count). The zero-order chi connectivity index (χ0) is 14.6. The van der Waals surface area contributed by atoms with E-state index in [1.54, 1.807) is 59.1 Å². The van der Waals surface area contributed by atoms with Gasteiger partial charge < -0.3 is 9.64 Å². The molecule has 0 saturated carbocycles. The molecule has 0 fully saturated rings. The Morgan fingerprint density at radius 3 is 2.26 bits per heavy atom. The predicted molar refractivity (Wildman–Crippen MR) is 74.3 cm³/mol. The minimum Gasteiger partial charge on any atom is -0.444 e. The smallest absolute Gasteiger partial charge is 0.412 e. The molecule has 1 aromatic carbocycles. The second kappa shape index (κ2) is 5.73. The Hall–Kier alpha value is -2.04. The van der Waals surface area contributed by atoms with Crippen LogP contribution < -0.4 is 5.32 Å². The first-order valence-corrected chi connectivity index (χ1v) is 6.01. The first kappa shape index (κ1) is 15.0. The second-order valence-corrected chi connectivity index (χ2v) is 5.37. The molecular formula is C14H20N2O3. The van der Waals surface area contributed by atoms with Crippen molar-refractivity contribution in [1.29, 1.82) is 0 Å². The number of nitrogens with one attached hydrogen (secondary N) is 1. The highest BCUT2D eigenvalue weighted by atomic mass is 16.6. The maximum Gasteiger partial charge on any atom is 0.412 e. The number of hydrogen-bond acceptors (Lipinski definition) is 3. The first-order chi connectivity index (χ1) is 8.70. The topological polar surface area (TPSA) is 58.6 Å². The summed E-state index contributed by atoms with van der Waals surface area (Å²) in [5, 5.41) is 2.59. The maximum absolute atomic E-state index is 12.0. The Bertz CT molecular complexity index is 476. The molecule has 0 radical (unpaired) electrons. The van der Waals surface area contributed by atoms with Crippen molar-refractivity contribution >= 4 is 17.7 Å². The summed E-state index contributed by atoms with van der Waals surface area (Å²) in [6.07, 6.45) is -0.577. The van der Waals surface area contributed by atoms with Crippen LogP contribution in [0.4, 0.5) is 10.5 Å². The molecule has 0 heterocycles. The minimum absolute atomic E-state index is 0.174. The van der Waals surface area contributed by atoms with Crippen LogP contribution in [0.2, 0.25) is 0 Å². The molecule has 2 amide bonds. The molecule has 104 valence electrons. The van der Waals surface area contributed by atoms with Gasteiger partial charge in [-0.25, -0.2) is 4.79 Å². The van der Waals surface area contributed by atoms with E-state index in [-0.39, 0.29) is 5.91 Å². The maximum atomic E-state index is 12.0. The van der Waals surface area contributed by atoms with Crippen LogP contribution in [-0.2, 0) is 4.74 Å². The summed E-state index contributed by atoms with van der Waals surface area (Å²) in [6.45, 7) is 5.34. The van der Waals surface area contributed by atoms with Gasteiger partial charge in [0.1, 0.15) is 5.60 Å². The number of carbonyl (C=O) groups is 2. The number of nitrogens with zero attached hydrogens (tertiary/aromatic N) is 1. The van der Waals surface area contributed by atoms with Crippen LogP contribution in [0.15, 0.2) is 24.3 Å². The molecule has 0 unspecified atom stereocenters. The second-order valence-electron chi connectivity index (χ2n) is 5.37. The molecule has 0 aliphatic heterocycles. The number of ether oxygens (including phenoxy) is 1. The zero-order valence-electron chi connectivity index (χ0n) is 12.0. The summed E-state index contributed by atoms with van der Waals surface area (Å²) >= 11 is 0. The Labute approximate surface area is 113 Å². The minimum atomic E-state index is -0.579. The number of hydrogen-bond donors (Lipinski definition) is 1. The van der Waals surface area contributed by atoms with E-state index < -0.39 is 11.7 Å². The first-order valence-electron chi connectivity index (χ1n) is 6.01. The van der Waals surface area contributed by atoms with E-state index in [2.05, 4.69) is 5.32 Å². The van der Waals surface area contributed by atoms with E-state index in [4.69, 9.17) is 4.74 Å². The van der Waals surface area contributed by atoms with Gasteiger partial charge in [0.2, 0.25) is 0 Å². The number of amides is 2. The van der Waals surface area contributed by atoms with Crippen LogP contribution in [0.1, 0.15) is 31.1 Å². The molecule has 0 spiro atoms. The highest BCUT2D eigenvalue weighted by Crippen LogP contribution is 2.18.